The molecule has 2 atom stereocenters. The van der Waals surface area contributed by atoms with Crippen molar-refractivity contribution < 1.29 is 19.4 Å². The second-order valence-corrected chi connectivity index (χ2v) is 6.89. The van der Waals surface area contributed by atoms with Crippen LogP contribution in [0.4, 0.5) is 4.79 Å². The molecule has 0 unspecified atom stereocenters. The van der Waals surface area contributed by atoms with E-state index in [9.17, 15) is 14.7 Å². The highest BCUT2D eigenvalue weighted by molar-refractivity contribution is 9.09. The molecule has 0 radical (unpaired) electrons. The fourth-order valence-corrected chi connectivity index (χ4v) is 2.91. The number of rotatable bonds is 7. The van der Waals surface area contributed by atoms with Crippen molar-refractivity contribution in [2.75, 3.05) is 0 Å². The second-order valence-electron chi connectivity index (χ2n) is 5.57. The van der Waals surface area contributed by atoms with Crippen LogP contribution in [0.2, 0.25) is 0 Å². The molecular weight excluding hydrogens is 386 g/mol. The number of hydrogen-bond acceptors (Lipinski definition) is 3. The smallest absolute Gasteiger partial charge is 0.411 e. The van der Waals surface area contributed by atoms with Gasteiger partial charge in [-0.2, -0.15) is 0 Å². The topological polar surface area (TPSA) is 66.8 Å². The van der Waals surface area contributed by atoms with E-state index in [4.69, 9.17) is 4.74 Å². The number of hydrogen-bond donors (Lipinski definition) is 1. The number of carboxylic acids is 1. The van der Waals surface area contributed by atoms with Crippen molar-refractivity contribution in [3.63, 3.8) is 0 Å². The Morgan fingerprint density at radius 1 is 1.04 bits per heavy atom. The molecule has 0 saturated heterocycles. The fraction of sp³-hybridized carbons (Fsp3) is 0.263. The molecule has 0 spiro atoms. The first-order valence-electron chi connectivity index (χ1n) is 7.89. The molecule has 1 amide bonds. The maximum Gasteiger partial charge on any atom is 0.411 e. The summed E-state index contributed by atoms with van der Waals surface area (Å²) in [5.74, 6) is -1.08. The van der Waals surface area contributed by atoms with Crippen LogP contribution in [0, 0.1) is 0 Å². The number of carbonyl (C=O) groups excluding carboxylic acids is 1. The van der Waals surface area contributed by atoms with Crippen LogP contribution in [-0.2, 0) is 22.6 Å². The van der Waals surface area contributed by atoms with Crippen LogP contribution in [0.15, 0.2) is 60.7 Å². The zero-order valence-corrected chi connectivity index (χ0v) is 15.4. The Hall–Kier alpha value is -2.34. The highest BCUT2D eigenvalue weighted by Gasteiger charge is 2.33. The first-order chi connectivity index (χ1) is 12.0. The number of benzene rings is 2. The average molecular weight is 406 g/mol. The van der Waals surface area contributed by atoms with Gasteiger partial charge in [-0.3, -0.25) is 4.90 Å². The average Bonchev–Trinajstić information content (AvgIpc) is 2.61. The second kappa shape index (κ2) is 9.22. The summed E-state index contributed by atoms with van der Waals surface area (Å²) >= 11 is 3.31. The molecule has 0 aromatic heterocycles. The zero-order chi connectivity index (χ0) is 18.2. The van der Waals surface area contributed by atoms with Gasteiger partial charge in [0.1, 0.15) is 12.6 Å². The minimum absolute atomic E-state index is 0.0908. The molecule has 0 aliphatic rings. The Bertz CT molecular complexity index is 691. The minimum Gasteiger partial charge on any atom is -0.480 e. The largest absolute Gasteiger partial charge is 0.480 e. The lowest BCUT2D eigenvalue weighted by atomic mass is 10.1. The Morgan fingerprint density at radius 3 is 2.04 bits per heavy atom. The zero-order valence-electron chi connectivity index (χ0n) is 13.8. The molecule has 132 valence electrons. The molecular formula is C19H20BrNO4. The van der Waals surface area contributed by atoms with E-state index in [0.717, 1.165) is 11.1 Å². The van der Waals surface area contributed by atoms with Crippen LogP contribution >= 0.6 is 15.9 Å². The summed E-state index contributed by atoms with van der Waals surface area (Å²) in [7, 11) is 0. The summed E-state index contributed by atoms with van der Waals surface area (Å²) in [6.07, 6.45) is -0.469. The van der Waals surface area contributed by atoms with Gasteiger partial charge in [0.25, 0.3) is 0 Å². The molecule has 0 fully saturated rings. The van der Waals surface area contributed by atoms with E-state index in [2.05, 4.69) is 15.9 Å². The predicted molar refractivity (Wildman–Crippen MR) is 98.4 cm³/mol. The highest BCUT2D eigenvalue weighted by atomic mass is 79.9. The molecule has 0 bridgehead atoms. The maximum atomic E-state index is 12.5. The summed E-state index contributed by atoms with van der Waals surface area (Å²) in [4.78, 5) is 25.0. The molecule has 1 N–H and O–H groups in total. The Kier molecular flexibility index (Phi) is 7.01. The lowest BCUT2D eigenvalue weighted by Crippen LogP contribution is -2.49. The normalized spacial score (nSPS) is 12.9. The van der Waals surface area contributed by atoms with Crippen molar-refractivity contribution in [1.29, 1.82) is 0 Å². The molecule has 5 nitrogen and oxygen atoms in total. The summed E-state index contributed by atoms with van der Waals surface area (Å²) in [5.41, 5.74) is 1.68. The third-order valence-electron chi connectivity index (χ3n) is 3.69. The van der Waals surface area contributed by atoms with Crippen LogP contribution in [0.1, 0.15) is 18.1 Å². The standard InChI is InChI=1S/C19H20BrNO4/c1-14(20)21(19(24)25-13-16-10-6-3-7-11-16)17(18(22)23)12-15-8-4-2-5-9-15/h2-11,14,17H,12-13H2,1H3,(H,22,23)/t14-,17+/m1/s1. The predicted octanol–water partition coefficient (Wildman–Crippen LogP) is 4.06. The molecule has 0 aliphatic carbocycles. The monoisotopic (exact) mass is 405 g/mol. The van der Waals surface area contributed by atoms with Gasteiger partial charge in [-0.15, -0.1) is 0 Å². The lowest BCUT2D eigenvalue weighted by molar-refractivity contribution is -0.142. The van der Waals surface area contributed by atoms with Crippen molar-refractivity contribution in [1.82, 2.24) is 4.90 Å². The summed E-state index contributed by atoms with van der Waals surface area (Å²) in [6.45, 7) is 1.79. The van der Waals surface area contributed by atoms with Gasteiger partial charge in [-0.05, 0) is 18.1 Å². The van der Waals surface area contributed by atoms with Gasteiger partial charge in [0, 0.05) is 6.42 Å². The highest BCUT2D eigenvalue weighted by Crippen LogP contribution is 2.18. The van der Waals surface area contributed by atoms with Crippen molar-refractivity contribution in [3.05, 3.63) is 71.8 Å². The third kappa shape index (κ3) is 5.60. The number of carbonyl (C=O) groups is 2. The van der Waals surface area contributed by atoms with Crippen LogP contribution in [0.25, 0.3) is 0 Å². The van der Waals surface area contributed by atoms with Crippen LogP contribution in [0.5, 0.6) is 0 Å². The van der Waals surface area contributed by atoms with Gasteiger partial charge in [0.15, 0.2) is 0 Å². The van der Waals surface area contributed by atoms with Gasteiger partial charge in [0.2, 0.25) is 0 Å². The Labute approximate surface area is 155 Å². The first-order valence-corrected chi connectivity index (χ1v) is 8.80. The third-order valence-corrected chi connectivity index (χ3v) is 4.13. The van der Waals surface area contributed by atoms with Gasteiger partial charge in [-0.25, -0.2) is 9.59 Å². The van der Waals surface area contributed by atoms with Crippen LogP contribution in [0.3, 0.4) is 0 Å². The lowest BCUT2D eigenvalue weighted by Gasteiger charge is -2.30. The molecule has 0 aliphatic heterocycles. The van der Waals surface area contributed by atoms with E-state index in [1.54, 1.807) is 6.92 Å². The molecule has 25 heavy (non-hydrogen) atoms. The summed E-state index contributed by atoms with van der Waals surface area (Å²) < 4.78 is 5.31. The summed E-state index contributed by atoms with van der Waals surface area (Å²) in [5, 5.41) is 9.62. The molecule has 2 aromatic carbocycles. The van der Waals surface area contributed by atoms with Crippen LogP contribution in [-0.4, -0.2) is 33.1 Å². The van der Waals surface area contributed by atoms with Crippen molar-refractivity contribution in [3.8, 4) is 0 Å². The molecule has 6 heteroatoms. The molecule has 0 saturated carbocycles. The van der Waals surface area contributed by atoms with E-state index >= 15 is 0 Å². The first kappa shape index (κ1) is 19.0. The van der Waals surface area contributed by atoms with Gasteiger partial charge in [0.05, 0.1) is 4.95 Å². The minimum atomic E-state index is -1.08. The van der Waals surface area contributed by atoms with E-state index in [1.165, 1.54) is 4.90 Å². The Balaban J connectivity index is 2.12. The van der Waals surface area contributed by atoms with Crippen LogP contribution < -0.4 is 0 Å². The fourth-order valence-electron chi connectivity index (χ4n) is 2.46. The molecule has 0 heterocycles. The summed E-state index contributed by atoms with van der Waals surface area (Å²) in [6, 6.07) is 17.4. The maximum absolute atomic E-state index is 12.5. The number of amides is 1. The van der Waals surface area contributed by atoms with E-state index < -0.39 is 23.1 Å². The van der Waals surface area contributed by atoms with Gasteiger partial charge < -0.3 is 9.84 Å². The number of carboxylic acid groups (broad SMARTS) is 1. The van der Waals surface area contributed by atoms with Crippen molar-refractivity contribution >= 4 is 28.0 Å². The number of aliphatic carboxylic acids is 1. The van der Waals surface area contributed by atoms with Crippen molar-refractivity contribution in [2.45, 2.75) is 30.9 Å². The number of alkyl halides is 1. The molecule has 2 aromatic rings. The SMILES string of the molecule is C[C@H](Br)N(C(=O)OCc1ccccc1)[C@@H](Cc1ccccc1)C(=O)O. The number of ether oxygens (including phenoxy) is 1. The van der Waals surface area contributed by atoms with Gasteiger partial charge in [-0.1, -0.05) is 76.6 Å². The quantitative estimate of drug-likeness (QED) is 0.556. The van der Waals surface area contributed by atoms with Crippen molar-refractivity contribution in [2.24, 2.45) is 0 Å². The Morgan fingerprint density at radius 2 is 1.56 bits per heavy atom. The number of halogens is 1. The van der Waals surface area contributed by atoms with Gasteiger partial charge >= 0.3 is 12.1 Å². The van der Waals surface area contributed by atoms with E-state index in [-0.39, 0.29) is 13.0 Å². The van der Waals surface area contributed by atoms with E-state index in [1.807, 2.05) is 60.7 Å². The van der Waals surface area contributed by atoms with E-state index in [0.29, 0.717) is 0 Å². The number of nitrogens with zero attached hydrogens (tertiary/aromatic N) is 1. The molecule has 2 rings (SSSR count).